The lowest BCUT2D eigenvalue weighted by Crippen LogP contribution is -2.07. The molecule has 3 aromatic rings. The highest BCUT2D eigenvalue weighted by Crippen LogP contribution is 2.18. The Balaban J connectivity index is 1.80. The molecule has 0 bridgehead atoms. The first kappa shape index (κ1) is 15.2. The van der Waals surface area contributed by atoms with Gasteiger partial charge in [0, 0.05) is 11.4 Å². The fraction of sp³-hybridized carbons (Fsp3) is 0.0588. The van der Waals surface area contributed by atoms with Crippen molar-refractivity contribution in [1.29, 1.82) is 5.26 Å². The number of aromatic nitrogens is 3. The van der Waals surface area contributed by atoms with Crippen LogP contribution in [0.3, 0.4) is 0 Å². The third-order valence-electron chi connectivity index (χ3n) is 3.23. The van der Waals surface area contributed by atoms with Crippen LogP contribution in [0.15, 0.2) is 48.5 Å². The van der Waals surface area contributed by atoms with Gasteiger partial charge in [-0.15, -0.1) is 0 Å². The summed E-state index contributed by atoms with van der Waals surface area (Å²) >= 11 is 0. The minimum absolute atomic E-state index is 0.107. The van der Waals surface area contributed by atoms with E-state index in [1.54, 1.807) is 24.3 Å². The van der Waals surface area contributed by atoms with Crippen molar-refractivity contribution in [3.63, 3.8) is 0 Å². The normalized spacial score (nSPS) is 10.0. The highest BCUT2D eigenvalue weighted by Gasteiger charge is 2.05. The third-order valence-corrected chi connectivity index (χ3v) is 3.23. The van der Waals surface area contributed by atoms with Crippen LogP contribution in [0.1, 0.15) is 11.1 Å². The van der Waals surface area contributed by atoms with Crippen LogP contribution in [0.2, 0.25) is 0 Å². The number of hydrogen-bond donors (Lipinski definition) is 3. The molecular weight excluding hydrogens is 302 g/mol. The summed E-state index contributed by atoms with van der Waals surface area (Å²) in [6.07, 6.45) is 0. The minimum Gasteiger partial charge on any atom is -0.368 e. The molecular formula is C17H15N7. The predicted octanol–water partition coefficient (Wildman–Crippen LogP) is 3.12. The van der Waals surface area contributed by atoms with Crippen molar-refractivity contribution >= 4 is 29.2 Å². The summed E-state index contributed by atoms with van der Waals surface area (Å²) in [7, 11) is 0. The Bertz CT molecular complexity index is 880. The molecule has 0 fully saturated rings. The zero-order valence-electron chi connectivity index (χ0n) is 13.0. The molecule has 1 heterocycles. The zero-order valence-corrected chi connectivity index (χ0v) is 13.0. The highest BCUT2D eigenvalue weighted by molar-refractivity contribution is 5.59. The summed E-state index contributed by atoms with van der Waals surface area (Å²) in [5.74, 6) is 0.778. The third kappa shape index (κ3) is 3.75. The SMILES string of the molecule is Cc1ccc(Nc2nc(N)nc(Nc3ccc(C#N)cc3)n2)cc1. The van der Waals surface area contributed by atoms with E-state index in [1.807, 2.05) is 31.2 Å². The lowest BCUT2D eigenvalue weighted by Gasteiger charge is -2.09. The Hall–Kier alpha value is -3.66. The Labute approximate surface area is 139 Å². The molecule has 0 aliphatic carbocycles. The molecule has 0 saturated heterocycles. The van der Waals surface area contributed by atoms with Crippen LogP contribution < -0.4 is 16.4 Å². The molecule has 0 saturated carbocycles. The van der Waals surface area contributed by atoms with E-state index in [9.17, 15) is 0 Å². The maximum Gasteiger partial charge on any atom is 0.233 e. The van der Waals surface area contributed by atoms with Gasteiger partial charge in [0.2, 0.25) is 17.8 Å². The molecule has 1 aromatic heterocycles. The smallest absolute Gasteiger partial charge is 0.233 e. The highest BCUT2D eigenvalue weighted by atomic mass is 15.2. The number of nitrogen functional groups attached to an aromatic ring is 1. The second kappa shape index (κ2) is 6.62. The molecule has 0 radical (unpaired) electrons. The number of aryl methyl sites for hydroxylation is 1. The molecule has 3 rings (SSSR count). The average molecular weight is 317 g/mol. The van der Waals surface area contributed by atoms with Crippen LogP contribution in [0.5, 0.6) is 0 Å². The predicted molar refractivity (Wildman–Crippen MR) is 93.1 cm³/mol. The van der Waals surface area contributed by atoms with Gasteiger partial charge in [-0.3, -0.25) is 0 Å². The van der Waals surface area contributed by atoms with Gasteiger partial charge in [-0.1, -0.05) is 17.7 Å². The van der Waals surface area contributed by atoms with Gasteiger partial charge in [0.1, 0.15) is 0 Å². The van der Waals surface area contributed by atoms with Gasteiger partial charge in [-0.2, -0.15) is 20.2 Å². The number of nitrogens with zero attached hydrogens (tertiary/aromatic N) is 4. The number of anilines is 5. The molecule has 0 aliphatic heterocycles. The number of nitrogens with two attached hydrogens (primary N) is 1. The van der Waals surface area contributed by atoms with Gasteiger partial charge < -0.3 is 16.4 Å². The van der Waals surface area contributed by atoms with Crippen LogP contribution in [-0.4, -0.2) is 15.0 Å². The lowest BCUT2D eigenvalue weighted by molar-refractivity contribution is 1.07. The van der Waals surface area contributed by atoms with Gasteiger partial charge in [0.15, 0.2) is 0 Å². The van der Waals surface area contributed by atoms with E-state index in [0.717, 1.165) is 11.4 Å². The number of hydrogen-bond acceptors (Lipinski definition) is 7. The molecule has 0 atom stereocenters. The van der Waals surface area contributed by atoms with Crippen molar-refractivity contribution < 1.29 is 0 Å². The van der Waals surface area contributed by atoms with Crippen molar-refractivity contribution in [2.24, 2.45) is 0 Å². The molecule has 0 amide bonds. The topological polar surface area (TPSA) is 113 Å². The van der Waals surface area contributed by atoms with Crippen molar-refractivity contribution in [2.45, 2.75) is 6.92 Å². The number of nitrogens with one attached hydrogen (secondary N) is 2. The first-order valence-electron chi connectivity index (χ1n) is 7.25. The van der Waals surface area contributed by atoms with Crippen LogP contribution in [0.25, 0.3) is 0 Å². The fourth-order valence-electron chi connectivity index (χ4n) is 2.03. The average Bonchev–Trinajstić information content (AvgIpc) is 2.57. The van der Waals surface area contributed by atoms with Gasteiger partial charge in [-0.05, 0) is 43.3 Å². The summed E-state index contributed by atoms with van der Waals surface area (Å²) < 4.78 is 0. The zero-order chi connectivity index (χ0) is 16.9. The van der Waals surface area contributed by atoms with Crippen molar-refractivity contribution in [2.75, 3.05) is 16.4 Å². The van der Waals surface area contributed by atoms with E-state index in [2.05, 4.69) is 31.7 Å². The summed E-state index contributed by atoms with van der Waals surface area (Å²) in [6.45, 7) is 2.02. The largest absolute Gasteiger partial charge is 0.368 e. The first-order chi connectivity index (χ1) is 11.6. The molecule has 0 unspecified atom stereocenters. The molecule has 7 heteroatoms. The number of nitriles is 1. The summed E-state index contributed by atoms with van der Waals surface area (Å²) in [4.78, 5) is 12.4. The fourth-order valence-corrected chi connectivity index (χ4v) is 2.03. The quantitative estimate of drug-likeness (QED) is 0.677. The van der Waals surface area contributed by atoms with E-state index in [-0.39, 0.29) is 5.95 Å². The monoisotopic (exact) mass is 317 g/mol. The number of rotatable bonds is 4. The standard InChI is InChI=1S/C17H15N7/c1-11-2-6-13(7-3-11)20-16-22-15(19)23-17(24-16)21-14-8-4-12(10-18)5-9-14/h2-9H,1H3,(H4,19,20,21,22,23,24). The Morgan fingerprint density at radius 3 is 1.83 bits per heavy atom. The first-order valence-corrected chi connectivity index (χ1v) is 7.25. The summed E-state index contributed by atoms with van der Waals surface area (Å²) in [5.41, 5.74) is 9.11. The minimum atomic E-state index is 0.107. The van der Waals surface area contributed by atoms with Crippen LogP contribution in [-0.2, 0) is 0 Å². The summed E-state index contributed by atoms with van der Waals surface area (Å²) in [6, 6.07) is 16.9. The Kier molecular flexibility index (Phi) is 4.21. The van der Waals surface area contributed by atoms with E-state index in [1.165, 1.54) is 5.56 Å². The van der Waals surface area contributed by atoms with E-state index >= 15 is 0 Å². The maximum atomic E-state index is 8.82. The molecule has 7 nitrogen and oxygen atoms in total. The van der Waals surface area contributed by atoms with Gasteiger partial charge in [0.25, 0.3) is 0 Å². The van der Waals surface area contributed by atoms with E-state index in [4.69, 9.17) is 11.0 Å². The van der Waals surface area contributed by atoms with Crippen molar-refractivity contribution in [3.05, 3.63) is 59.7 Å². The molecule has 0 spiro atoms. The molecule has 4 N–H and O–H groups in total. The molecule has 24 heavy (non-hydrogen) atoms. The molecule has 2 aromatic carbocycles. The van der Waals surface area contributed by atoms with Gasteiger partial charge >= 0.3 is 0 Å². The second-order valence-electron chi connectivity index (χ2n) is 5.15. The van der Waals surface area contributed by atoms with Gasteiger partial charge in [0.05, 0.1) is 11.6 Å². The molecule has 118 valence electrons. The van der Waals surface area contributed by atoms with Crippen LogP contribution in [0, 0.1) is 18.3 Å². The van der Waals surface area contributed by atoms with Crippen LogP contribution in [0.4, 0.5) is 29.2 Å². The number of benzene rings is 2. The lowest BCUT2D eigenvalue weighted by atomic mass is 10.2. The van der Waals surface area contributed by atoms with Crippen molar-refractivity contribution in [3.8, 4) is 6.07 Å². The van der Waals surface area contributed by atoms with Crippen molar-refractivity contribution in [1.82, 2.24) is 15.0 Å². The van der Waals surface area contributed by atoms with Crippen LogP contribution >= 0.6 is 0 Å². The Morgan fingerprint density at radius 1 is 0.833 bits per heavy atom. The van der Waals surface area contributed by atoms with Gasteiger partial charge in [-0.25, -0.2) is 0 Å². The van der Waals surface area contributed by atoms with E-state index in [0.29, 0.717) is 17.5 Å². The van der Waals surface area contributed by atoms with E-state index < -0.39 is 0 Å². The maximum absolute atomic E-state index is 8.82. The second-order valence-corrected chi connectivity index (χ2v) is 5.15. The summed E-state index contributed by atoms with van der Waals surface area (Å²) in [5, 5.41) is 15.0. The molecule has 0 aliphatic rings. The Morgan fingerprint density at radius 2 is 1.33 bits per heavy atom.